The molecule has 0 unspecified atom stereocenters. The molecule has 96 valence electrons. The lowest BCUT2D eigenvalue weighted by Gasteiger charge is -2.38. The average Bonchev–Trinajstić information content (AvgIpc) is 2.18. The fraction of sp³-hybridized carbons (Fsp3) is 1.00. The zero-order valence-corrected chi connectivity index (χ0v) is 11.0. The molecule has 0 aromatic carbocycles. The van der Waals surface area contributed by atoms with Gasteiger partial charge in [-0.3, -0.25) is 0 Å². The summed E-state index contributed by atoms with van der Waals surface area (Å²) in [6.07, 6.45) is 3.83. The molecular weight excluding hydrogens is 202 g/mol. The zero-order valence-electron chi connectivity index (χ0n) is 11.0. The second-order valence-electron chi connectivity index (χ2n) is 5.09. The van der Waals surface area contributed by atoms with Gasteiger partial charge >= 0.3 is 0 Å². The maximum Gasteiger partial charge on any atom is 0.0700 e. The molecule has 0 radical (unpaired) electrons. The lowest BCUT2D eigenvalue weighted by atomic mass is 9.74. The van der Waals surface area contributed by atoms with E-state index in [4.69, 9.17) is 9.47 Å². The van der Waals surface area contributed by atoms with E-state index in [2.05, 4.69) is 19.2 Å². The van der Waals surface area contributed by atoms with Gasteiger partial charge in [0.15, 0.2) is 0 Å². The van der Waals surface area contributed by atoms with E-state index in [1.54, 1.807) is 7.11 Å². The molecule has 1 fully saturated rings. The molecule has 1 rings (SSSR count). The molecule has 3 heteroatoms. The molecule has 0 heterocycles. The molecule has 0 amide bonds. The van der Waals surface area contributed by atoms with Crippen LogP contribution in [-0.4, -0.2) is 39.5 Å². The third-order valence-corrected chi connectivity index (χ3v) is 3.45. The van der Waals surface area contributed by atoms with Crippen molar-refractivity contribution in [2.75, 3.05) is 33.5 Å². The quantitative estimate of drug-likeness (QED) is 0.614. The number of ether oxygens (including phenoxy) is 2. The molecule has 3 nitrogen and oxygen atoms in total. The summed E-state index contributed by atoms with van der Waals surface area (Å²) < 4.78 is 10.3. The van der Waals surface area contributed by atoms with Crippen molar-refractivity contribution < 1.29 is 9.47 Å². The number of nitrogens with one attached hydrogen (secondary N) is 1. The second-order valence-corrected chi connectivity index (χ2v) is 5.09. The van der Waals surface area contributed by atoms with Crippen molar-refractivity contribution in [3.8, 4) is 0 Å². The summed E-state index contributed by atoms with van der Waals surface area (Å²) in [6, 6.07) is 0.770. The molecule has 0 atom stereocenters. The molecule has 0 saturated heterocycles. The number of rotatable bonds is 9. The minimum Gasteiger partial charge on any atom is -0.382 e. The molecule has 1 saturated carbocycles. The van der Waals surface area contributed by atoms with Crippen molar-refractivity contribution >= 4 is 0 Å². The Morgan fingerprint density at radius 2 is 1.94 bits per heavy atom. The van der Waals surface area contributed by atoms with Crippen molar-refractivity contribution in [1.29, 1.82) is 0 Å². The van der Waals surface area contributed by atoms with Crippen LogP contribution in [0.3, 0.4) is 0 Å². The summed E-state index contributed by atoms with van der Waals surface area (Å²) in [4.78, 5) is 0. The predicted molar refractivity (Wildman–Crippen MR) is 66.7 cm³/mol. The Hall–Kier alpha value is -0.120. The Morgan fingerprint density at radius 3 is 2.56 bits per heavy atom. The minimum absolute atomic E-state index is 0.701. The largest absolute Gasteiger partial charge is 0.382 e. The van der Waals surface area contributed by atoms with E-state index < -0.39 is 0 Å². The molecular formula is C13H27NO2. The molecule has 0 aliphatic heterocycles. The Kier molecular flexibility index (Phi) is 7.01. The van der Waals surface area contributed by atoms with Crippen LogP contribution in [0.15, 0.2) is 0 Å². The Morgan fingerprint density at radius 1 is 1.19 bits per heavy atom. The van der Waals surface area contributed by atoms with Gasteiger partial charge in [0.05, 0.1) is 13.2 Å². The maximum absolute atomic E-state index is 5.40. The average molecular weight is 229 g/mol. The topological polar surface area (TPSA) is 30.5 Å². The van der Waals surface area contributed by atoms with Crippen LogP contribution in [0.4, 0.5) is 0 Å². The Balaban J connectivity index is 1.79. The standard InChI is InChI=1S/C13H27NO2/c1-11(2)12-9-13(10-12)14-5-4-6-16-8-7-15-3/h11-14H,4-10H2,1-3H3. The van der Waals surface area contributed by atoms with Crippen molar-refractivity contribution in [1.82, 2.24) is 5.32 Å². The molecule has 1 aliphatic carbocycles. The Labute approximate surface area is 99.9 Å². The van der Waals surface area contributed by atoms with Crippen molar-refractivity contribution in [2.24, 2.45) is 11.8 Å². The maximum atomic E-state index is 5.40. The summed E-state index contributed by atoms with van der Waals surface area (Å²) in [6.45, 7) is 8.00. The van der Waals surface area contributed by atoms with Crippen molar-refractivity contribution in [2.45, 2.75) is 39.2 Å². The highest BCUT2D eigenvalue weighted by atomic mass is 16.5. The van der Waals surface area contributed by atoms with Gasteiger partial charge in [0.2, 0.25) is 0 Å². The second kappa shape index (κ2) is 8.04. The van der Waals surface area contributed by atoms with Gasteiger partial charge in [-0.05, 0) is 37.6 Å². The molecule has 1 aliphatic rings. The molecule has 0 spiro atoms. The smallest absolute Gasteiger partial charge is 0.0700 e. The lowest BCUT2D eigenvalue weighted by Crippen LogP contribution is -2.43. The van der Waals surface area contributed by atoms with Crippen molar-refractivity contribution in [3.05, 3.63) is 0 Å². The van der Waals surface area contributed by atoms with Crippen LogP contribution in [-0.2, 0) is 9.47 Å². The third kappa shape index (κ3) is 5.28. The monoisotopic (exact) mass is 229 g/mol. The van der Waals surface area contributed by atoms with Crippen LogP contribution < -0.4 is 5.32 Å². The first-order valence-electron chi connectivity index (χ1n) is 6.54. The molecule has 16 heavy (non-hydrogen) atoms. The van der Waals surface area contributed by atoms with Gasteiger partial charge in [-0.15, -0.1) is 0 Å². The van der Waals surface area contributed by atoms with Crippen LogP contribution >= 0.6 is 0 Å². The molecule has 0 aromatic heterocycles. The summed E-state index contributed by atoms with van der Waals surface area (Å²) >= 11 is 0. The first-order valence-corrected chi connectivity index (χ1v) is 6.54. The Bertz CT molecular complexity index is 167. The van der Waals surface area contributed by atoms with Gasteiger partial charge in [0.25, 0.3) is 0 Å². The van der Waals surface area contributed by atoms with Crippen LogP contribution in [0, 0.1) is 11.8 Å². The normalized spacial score (nSPS) is 24.8. The fourth-order valence-corrected chi connectivity index (χ4v) is 2.10. The van der Waals surface area contributed by atoms with Gasteiger partial charge in [-0.2, -0.15) is 0 Å². The van der Waals surface area contributed by atoms with Crippen molar-refractivity contribution in [3.63, 3.8) is 0 Å². The van der Waals surface area contributed by atoms with E-state index in [0.717, 1.165) is 44.1 Å². The minimum atomic E-state index is 0.701. The van der Waals surface area contributed by atoms with Crippen LogP contribution in [0.5, 0.6) is 0 Å². The van der Waals surface area contributed by atoms with Gasteiger partial charge in [-0.25, -0.2) is 0 Å². The van der Waals surface area contributed by atoms with E-state index >= 15 is 0 Å². The lowest BCUT2D eigenvalue weighted by molar-refractivity contribution is 0.0681. The zero-order chi connectivity index (χ0) is 11.8. The number of methoxy groups -OCH3 is 1. The fourth-order valence-electron chi connectivity index (χ4n) is 2.10. The van der Waals surface area contributed by atoms with Gasteiger partial charge in [0.1, 0.15) is 0 Å². The highest BCUT2D eigenvalue weighted by molar-refractivity contribution is 4.86. The SMILES string of the molecule is COCCOCCCNC1CC(C(C)C)C1. The van der Waals surface area contributed by atoms with Crippen LogP contribution in [0.1, 0.15) is 33.1 Å². The van der Waals surface area contributed by atoms with E-state index in [9.17, 15) is 0 Å². The highest BCUT2D eigenvalue weighted by Gasteiger charge is 2.30. The summed E-state index contributed by atoms with van der Waals surface area (Å²) in [5.41, 5.74) is 0. The number of hydrogen-bond acceptors (Lipinski definition) is 3. The first-order chi connectivity index (χ1) is 7.74. The van der Waals surface area contributed by atoms with E-state index in [1.807, 2.05) is 0 Å². The van der Waals surface area contributed by atoms with E-state index in [1.165, 1.54) is 12.8 Å². The van der Waals surface area contributed by atoms with Gasteiger partial charge in [-0.1, -0.05) is 13.8 Å². The van der Waals surface area contributed by atoms with Crippen LogP contribution in [0.25, 0.3) is 0 Å². The first kappa shape index (κ1) is 13.9. The summed E-state index contributed by atoms with van der Waals surface area (Å²) in [5, 5.41) is 3.58. The van der Waals surface area contributed by atoms with E-state index in [0.29, 0.717) is 6.61 Å². The summed E-state index contributed by atoms with van der Waals surface area (Å²) in [5.74, 6) is 1.81. The van der Waals surface area contributed by atoms with Gasteiger partial charge in [0, 0.05) is 19.8 Å². The third-order valence-electron chi connectivity index (χ3n) is 3.45. The molecule has 0 aromatic rings. The van der Waals surface area contributed by atoms with E-state index in [-0.39, 0.29) is 0 Å². The number of hydrogen-bond donors (Lipinski definition) is 1. The molecule has 0 bridgehead atoms. The highest BCUT2D eigenvalue weighted by Crippen LogP contribution is 2.33. The van der Waals surface area contributed by atoms with Crippen LogP contribution in [0.2, 0.25) is 0 Å². The predicted octanol–water partition coefficient (Wildman–Crippen LogP) is 2.06. The van der Waals surface area contributed by atoms with Gasteiger partial charge < -0.3 is 14.8 Å². The molecule has 1 N–H and O–H groups in total. The summed E-state index contributed by atoms with van der Waals surface area (Å²) in [7, 11) is 1.70.